The zero-order valence-corrected chi connectivity index (χ0v) is 18.9. The summed E-state index contributed by atoms with van der Waals surface area (Å²) in [5.41, 5.74) is 2.23. The lowest BCUT2D eigenvalue weighted by molar-refractivity contribution is -0.134. The topological polar surface area (TPSA) is 26.3 Å². The molecular weight excluding hydrogens is 344 g/mol. The van der Waals surface area contributed by atoms with Gasteiger partial charge in [0.15, 0.2) is 0 Å². The van der Waals surface area contributed by atoms with Crippen molar-refractivity contribution in [2.75, 3.05) is 0 Å². The molecule has 2 nitrogen and oxygen atoms in total. The van der Waals surface area contributed by atoms with Crippen LogP contribution in [0.3, 0.4) is 0 Å². The third kappa shape index (κ3) is 12.2. The van der Waals surface area contributed by atoms with Gasteiger partial charge in [-0.15, -0.1) is 0 Å². The van der Waals surface area contributed by atoms with Crippen LogP contribution in [-0.2, 0) is 4.79 Å². The van der Waals surface area contributed by atoms with Gasteiger partial charge in [0.25, 0.3) is 0 Å². The zero-order valence-electron chi connectivity index (χ0n) is 18.9. The third-order valence-corrected chi connectivity index (χ3v) is 5.76. The van der Waals surface area contributed by atoms with Crippen molar-refractivity contribution in [3.05, 3.63) is 29.3 Å². The van der Waals surface area contributed by atoms with Gasteiger partial charge in [0.2, 0.25) is 0 Å². The first kappa shape index (κ1) is 24.7. The number of rotatable bonds is 17. The van der Waals surface area contributed by atoms with Crippen molar-refractivity contribution >= 4 is 5.97 Å². The molecule has 0 atom stereocenters. The Hall–Kier alpha value is -1.31. The van der Waals surface area contributed by atoms with E-state index >= 15 is 0 Å². The van der Waals surface area contributed by atoms with Gasteiger partial charge in [0.05, 0.1) is 0 Å². The minimum absolute atomic E-state index is 0.0941. The first-order valence-electron chi connectivity index (χ1n) is 11.9. The minimum Gasteiger partial charge on any atom is -0.426 e. The van der Waals surface area contributed by atoms with Gasteiger partial charge in [0, 0.05) is 6.42 Å². The number of aryl methyl sites for hydroxylation is 1. The van der Waals surface area contributed by atoms with Crippen molar-refractivity contribution in [2.24, 2.45) is 0 Å². The van der Waals surface area contributed by atoms with Crippen molar-refractivity contribution in [1.29, 1.82) is 0 Å². The second-order valence-corrected chi connectivity index (χ2v) is 8.37. The van der Waals surface area contributed by atoms with Crippen LogP contribution in [0.2, 0.25) is 0 Å². The van der Waals surface area contributed by atoms with Crippen molar-refractivity contribution < 1.29 is 9.53 Å². The smallest absolute Gasteiger partial charge is 0.311 e. The number of hydrogen-bond acceptors (Lipinski definition) is 2. The van der Waals surface area contributed by atoms with E-state index in [0.29, 0.717) is 12.2 Å². The molecule has 1 aromatic rings. The maximum absolute atomic E-state index is 12.0. The van der Waals surface area contributed by atoms with Crippen LogP contribution in [-0.4, -0.2) is 5.97 Å². The first-order valence-corrected chi connectivity index (χ1v) is 11.9. The lowest BCUT2D eigenvalue weighted by atomic mass is 10.0. The van der Waals surface area contributed by atoms with E-state index in [0.717, 1.165) is 24.0 Å². The van der Waals surface area contributed by atoms with Gasteiger partial charge in [-0.3, -0.25) is 4.79 Å². The predicted octanol–water partition coefficient (Wildman–Crippen LogP) is 8.47. The number of unbranched alkanes of at least 4 members (excludes halogenated alkanes) is 14. The summed E-state index contributed by atoms with van der Waals surface area (Å²) in [6, 6.07) is 5.87. The summed E-state index contributed by atoms with van der Waals surface area (Å²) in [6.45, 7) is 6.33. The van der Waals surface area contributed by atoms with E-state index in [1.54, 1.807) is 0 Å². The van der Waals surface area contributed by atoms with Gasteiger partial charge < -0.3 is 4.74 Å². The molecule has 0 heterocycles. The van der Waals surface area contributed by atoms with Crippen molar-refractivity contribution in [3.63, 3.8) is 0 Å². The Morgan fingerprint density at radius 1 is 0.714 bits per heavy atom. The maximum atomic E-state index is 12.0. The van der Waals surface area contributed by atoms with Crippen LogP contribution in [0.15, 0.2) is 18.2 Å². The average molecular weight is 389 g/mol. The fraction of sp³-hybridized carbons (Fsp3) is 0.731. The molecule has 0 saturated heterocycles. The number of carbonyl (C=O) groups excluding carboxylic acids is 1. The fourth-order valence-electron chi connectivity index (χ4n) is 3.65. The minimum atomic E-state index is -0.0941. The van der Waals surface area contributed by atoms with E-state index in [2.05, 4.69) is 6.92 Å². The monoisotopic (exact) mass is 388 g/mol. The van der Waals surface area contributed by atoms with Gasteiger partial charge in [0.1, 0.15) is 5.75 Å². The third-order valence-electron chi connectivity index (χ3n) is 5.76. The number of hydrogen-bond donors (Lipinski definition) is 0. The van der Waals surface area contributed by atoms with Crippen LogP contribution in [0.4, 0.5) is 0 Å². The molecule has 1 aromatic carbocycles. The van der Waals surface area contributed by atoms with Crippen molar-refractivity contribution in [3.8, 4) is 5.75 Å². The summed E-state index contributed by atoms with van der Waals surface area (Å²) in [5, 5.41) is 0. The summed E-state index contributed by atoms with van der Waals surface area (Å²) in [5.74, 6) is 0.620. The van der Waals surface area contributed by atoms with E-state index < -0.39 is 0 Å². The molecule has 0 aliphatic carbocycles. The van der Waals surface area contributed by atoms with E-state index in [4.69, 9.17) is 4.74 Å². The SMILES string of the molecule is CCCCCCCCCCCCCCCCCC(=O)Oc1cccc(C)c1C. The lowest BCUT2D eigenvalue weighted by Gasteiger charge is -2.09. The molecule has 0 unspecified atom stereocenters. The highest BCUT2D eigenvalue weighted by Crippen LogP contribution is 2.21. The van der Waals surface area contributed by atoms with E-state index in [-0.39, 0.29) is 5.97 Å². The van der Waals surface area contributed by atoms with Crippen LogP contribution >= 0.6 is 0 Å². The summed E-state index contributed by atoms with van der Waals surface area (Å²) < 4.78 is 5.51. The molecular formula is C26H44O2. The highest BCUT2D eigenvalue weighted by Gasteiger charge is 2.08. The Morgan fingerprint density at radius 3 is 1.68 bits per heavy atom. The molecule has 0 N–H and O–H groups in total. The van der Waals surface area contributed by atoms with Crippen LogP contribution in [0, 0.1) is 13.8 Å². The molecule has 160 valence electrons. The van der Waals surface area contributed by atoms with Gasteiger partial charge in [-0.25, -0.2) is 0 Å². The quantitative estimate of drug-likeness (QED) is 0.152. The first-order chi connectivity index (χ1) is 13.6. The molecule has 0 fully saturated rings. The Bertz CT molecular complexity index is 521. The van der Waals surface area contributed by atoms with E-state index in [9.17, 15) is 4.79 Å². The van der Waals surface area contributed by atoms with Crippen molar-refractivity contribution in [1.82, 2.24) is 0 Å². The average Bonchev–Trinajstić information content (AvgIpc) is 2.68. The molecule has 0 aliphatic rings. The molecule has 0 amide bonds. The summed E-state index contributed by atoms with van der Waals surface area (Å²) in [6.07, 6.45) is 20.6. The summed E-state index contributed by atoms with van der Waals surface area (Å²) in [4.78, 5) is 12.0. The Morgan fingerprint density at radius 2 is 1.18 bits per heavy atom. The normalized spacial score (nSPS) is 11.0. The highest BCUT2D eigenvalue weighted by molar-refractivity contribution is 5.72. The molecule has 28 heavy (non-hydrogen) atoms. The van der Waals surface area contributed by atoms with E-state index in [1.807, 2.05) is 32.0 Å². The van der Waals surface area contributed by atoms with E-state index in [1.165, 1.54) is 83.5 Å². The van der Waals surface area contributed by atoms with Crippen molar-refractivity contribution in [2.45, 2.75) is 124 Å². The Kier molecular flexibility index (Phi) is 14.7. The number of carbonyl (C=O) groups is 1. The standard InChI is InChI=1S/C26H44O2/c1-4-5-6-7-8-9-10-11-12-13-14-15-16-17-18-22-26(27)28-25-21-19-20-23(2)24(25)3/h19-21H,4-18,22H2,1-3H3. The molecule has 0 saturated carbocycles. The van der Waals surface area contributed by atoms with Crippen LogP contribution in [0.1, 0.15) is 121 Å². The van der Waals surface area contributed by atoms with Crippen LogP contribution in [0.25, 0.3) is 0 Å². The second-order valence-electron chi connectivity index (χ2n) is 8.37. The molecule has 0 aromatic heterocycles. The van der Waals surface area contributed by atoms with Crippen LogP contribution < -0.4 is 4.74 Å². The molecule has 0 radical (unpaired) electrons. The fourth-order valence-corrected chi connectivity index (χ4v) is 3.65. The number of ether oxygens (including phenoxy) is 1. The molecule has 1 rings (SSSR count). The largest absolute Gasteiger partial charge is 0.426 e. The predicted molar refractivity (Wildman–Crippen MR) is 121 cm³/mol. The summed E-state index contributed by atoms with van der Waals surface area (Å²) in [7, 11) is 0. The second kappa shape index (κ2) is 16.6. The maximum Gasteiger partial charge on any atom is 0.311 e. The molecule has 0 spiro atoms. The Balaban J connectivity index is 1.87. The zero-order chi connectivity index (χ0) is 20.5. The van der Waals surface area contributed by atoms with Gasteiger partial charge in [-0.2, -0.15) is 0 Å². The lowest BCUT2D eigenvalue weighted by Crippen LogP contribution is -2.08. The van der Waals surface area contributed by atoms with Crippen LogP contribution in [0.5, 0.6) is 5.75 Å². The molecule has 0 bridgehead atoms. The highest BCUT2D eigenvalue weighted by atomic mass is 16.5. The van der Waals surface area contributed by atoms with Gasteiger partial charge >= 0.3 is 5.97 Å². The van der Waals surface area contributed by atoms with Gasteiger partial charge in [-0.05, 0) is 37.5 Å². The van der Waals surface area contributed by atoms with Gasteiger partial charge in [-0.1, -0.05) is 109 Å². The number of esters is 1. The Labute approximate surface area is 174 Å². The molecule has 0 aliphatic heterocycles. The summed E-state index contributed by atoms with van der Waals surface area (Å²) >= 11 is 0. The molecule has 2 heteroatoms. The number of benzene rings is 1.